The number of amides is 1. The summed E-state index contributed by atoms with van der Waals surface area (Å²) < 4.78 is 0. The number of nitrogens with one attached hydrogen (secondary N) is 1. The summed E-state index contributed by atoms with van der Waals surface area (Å²) in [6.07, 6.45) is 4.68. The van der Waals surface area contributed by atoms with Gasteiger partial charge >= 0.3 is 0 Å². The highest BCUT2D eigenvalue weighted by Gasteiger charge is 2.24. The molecule has 20 heavy (non-hydrogen) atoms. The van der Waals surface area contributed by atoms with Crippen molar-refractivity contribution in [3.8, 4) is 0 Å². The van der Waals surface area contributed by atoms with Crippen LogP contribution in [0.3, 0.4) is 0 Å². The van der Waals surface area contributed by atoms with Gasteiger partial charge in [0.15, 0.2) is 0 Å². The van der Waals surface area contributed by atoms with Crippen LogP contribution in [0.1, 0.15) is 38.7 Å². The minimum atomic E-state index is 0.283. The van der Waals surface area contributed by atoms with Gasteiger partial charge < -0.3 is 10.2 Å². The topological polar surface area (TPSA) is 45.2 Å². The number of likely N-dealkylation sites (tertiary alicyclic amines) is 1. The third-order valence-electron chi connectivity index (χ3n) is 4.25. The average Bonchev–Trinajstić information content (AvgIpc) is 2.63. The normalized spacial score (nSPS) is 20.1. The fourth-order valence-corrected chi connectivity index (χ4v) is 2.78. The first-order chi connectivity index (χ1) is 9.60. The van der Waals surface area contributed by atoms with E-state index in [9.17, 15) is 4.79 Å². The zero-order chi connectivity index (χ0) is 14.5. The molecule has 0 radical (unpaired) electrons. The maximum atomic E-state index is 12.2. The van der Waals surface area contributed by atoms with Gasteiger partial charge in [0.05, 0.1) is 0 Å². The standard InChI is InChI=1S/C16H25N3O/c1-12(2)14-5-7-16(20)19(9-8-14)11-13-4-6-15(17-3)18-10-13/h4,6,10,12,14H,5,7-9,11H2,1-3H3,(H,17,18). The summed E-state index contributed by atoms with van der Waals surface area (Å²) in [5.41, 5.74) is 1.10. The van der Waals surface area contributed by atoms with Crippen LogP contribution in [0.2, 0.25) is 0 Å². The second-order valence-electron chi connectivity index (χ2n) is 5.95. The molecule has 1 amide bonds. The van der Waals surface area contributed by atoms with Crippen LogP contribution in [-0.2, 0) is 11.3 Å². The highest BCUT2D eigenvalue weighted by atomic mass is 16.2. The second-order valence-corrected chi connectivity index (χ2v) is 5.95. The van der Waals surface area contributed by atoms with Gasteiger partial charge in [-0.1, -0.05) is 19.9 Å². The number of carbonyl (C=O) groups excluding carboxylic acids is 1. The highest BCUT2D eigenvalue weighted by molar-refractivity contribution is 5.76. The summed E-state index contributed by atoms with van der Waals surface area (Å²) >= 11 is 0. The number of hydrogen-bond donors (Lipinski definition) is 1. The van der Waals surface area contributed by atoms with Gasteiger partial charge in [-0.2, -0.15) is 0 Å². The molecule has 1 unspecified atom stereocenters. The van der Waals surface area contributed by atoms with Crippen LogP contribution in [0.15, 0.2) is 18.3 Å². The van der Waals surface area contributed by atoms with Gasteiger partial charge in [-0.05, 0) is 36.3 Å². The first-order valence-electron chi connectivity index (χ1n) is 7.50. The molecular formula is C16H25N3O. The van der Waals surface area contributed by atoms with Gasteiger partial charge in [0.25, 0.3) is 0 Å². The number of aromatic nitrogens is 1. The summed E-state index contributed by atoms with van der Waals surface area (Å²) in [7, 11) is 1.85. The summed E-state index contributed by atoms with van der Waals surface area (Å²) in [6.45, 7) is 6.06. The minimum absolute atomic E-state index is 0.283. The van der Waals surface area contributed by atoms with E-state index in [4.69, 9.17) is 0 Å². The lowest BCUT2D eigenvalue weighted by Gasteiger charge is -2.21. The maximum absolute atomic E-state index is 12.2. The first-order valence-corrected chi connectivity index (χ1v) is 7.50. The SMILES string of the molecule is CNc1ccc(CN2CCC(C(C)C)CCC2=O)cn1. The average molecular weight is 275 g/mol. The van der Waals surface area contributed by atoms with E-state index in [-0.39, 0.29) is 5.91 Å². The van der Waals surface area contributed by atoms with Crippen LogP contribution in [0, 0.1) is 11.8 Å². The Morgan fingerprint density at radius 2 is 2.20 bits per heavy atom. The number of pyridine rings is 1. The highest BCUT2D eigenvalue weighted by Crippen LogP contribution is 2.25. The molecule has 1 aromatic rings. The first kappa shape index (κ1) is 14.8. The Balaban J connectivity index is 1.98. The smallest absolute Gasteiger partial charge is 0.222 e. The summed E-state index contributed by atoms with van der Waals surface area (Å²) in [5, 5.41) is 3.00. The van der Waals surface area contributed by atoms with E-state index >= 15 is 0 Å². The maximum Gasteiger partial charge on any atom is 0.222 e. The molecule has 1 N–H and O–H groups in total. The fraction of sp³-hybridized carbons (Fsp3) is 0.625. The van der Waals surface area contributed by atoms with Crippen LogP contribution in [0.5, 0.6) is 0 Å². The molecule has 1 fully saturated rings. The molecule has 0 aromatic carbocycles. The van der Waals surface area contributed by atoms with Crippen molar-refractivity contribution in [1.29, 1.82) is 0 Å². The molecule has 1 aliphatic rings. The Labute approximate surface area is 121 Å². The number of anilines is 1. The van der Waals surface area contributed by atoms with Crippen LogP contribution >= 0.6 is 0 Å². The van der Waals surface area contributed by atoms with E-state index in [2.05, 4.69) is 24.1 Å². The molecule has 4 heteroatoms. The number of carbonyl (C=O) groups is 1. The van der Waals surface area contributed by atoms with Gasteiger partial charge in [0.2, 0.25) is 5.91 Å². The number of nitrogens with zero attached hydrogens (tertiary/aromatic N) is 2. The molecular weight excluding hydrogens is 250 g/mol. The lowest BCUT2D eigenvalue weighted by molar-refractivity contribution is -0.131. The quantitative estimate of drug-likeness (QED) is 0.919. The monoisotopic (exact) mass is 275 g/mol. The molecule has 1 aliphatic heterocycles. The van der Waals surface area contributed by atoms with Crippen molar-refractivity contribution in [2.75, 3.05) is 18.9 Å². The van der Waals surface area contributed by atoms with Gasteiger partial charge in [-0.3, -0.25) is 4.79 Å². The Kier molecular flexibility index (Phi) is 4.99. The number of hydrogen-bond acceptors (Lipinski definition) is 3. The van der Waals surface area contributed by atoms with Gasteiger partial charge in [0, 0.05) is 32.8 Å². The molecule has 0 spiro atoms. The van der Waals surface area contributed by atoms with Gasteiger partial charge in [0.1, 0.15) is 5.82 Å². The third kappa shape index (κ3) is 3.71. The Morgan fingerprint density at radius 3 is 2.80 bits per heavy atom. The Morgan fingerprint density at radius 1 is 1.40 bits per heavy atom. The number of rotatable bonds is 4. The van der Waals surface area contributed by atoms with E-state index in [1.54, 1.807) is 0 Å². The Bertz CT molecular complexity index is 442. The Hall–Kier alpha value is -1.58. The minimum Gasteiger partial charge on any atom is -0.373 e. The van der Waals surface area contributed by atoms with E-state index in [0.29, 0.717) is 24.8 Å². The largest absolute Gasteiger partial charge is 0.373 e. The van der Waals surface area contributed by atoms with E-state index in [1.165, 1.54) is 0 Å². The van der Waals surface area contributed by atoms with E-state index < -0.39 is 0 Å². The predicted molar refractivity (Wildman–Crippen MR) is 81.4 cm³/mol. The molecule has 2 rings (SSSR count). The summed E-state index contributed by atoms with van der Waals surface area (Å²) in [4.78, 5) is 18.5. The van der Waals surface area contributed by atoms with Gasteiger partial charge in [-0.15, -0.1) is 0 Å². The van der Waals surface area contributed by atoms with Gasteiger partial charge in [-0.25, -0.2) is 4.98 Å². The zero-order valence-electron chi connectivity index (χ0n) is 12.7. The van der Waals surface area contributed by atoms with E-state index in [0.717, 1.165) is 30.8 Å². The van der Waals surface area contributed by atoms with Crippen LogP contribution in [0.4, 0.5) is 5.82 Å². The second kappa shape index (κ2) is 6.73. The van der Waals surface area contributed by atoms with Crippen molar-refractivity contribution in [3.05, 3.63) is 23.9 Å². The molecule has 4 nitrogen and oxygen atoms in total. The summed E-state index contributed by atoms with van der Waals surface area (Å²) in [5.74, 6) is 2.48. The molecule has 110 valence electrons. The van der Waals surface area contributed by atoms with Crippen molar-refractivity contribution in [2.45, 2.75) is 39.7 Å². The molecule has 0 bridgehead atoms. The third-order valence-corrected chi connectivity index (χ3v) is 4.25. The fourth-order valence-electron chi connectivity index (χ4n) is 2.78. The molecule has 1 atom stereocenters. The molecule has 0 saturated carbocycles. The molecule has 1 aromatic heterocycles. The van der Waals surface area contributed by atoms with E-state index in [1.807, 2.05) is 30.3 Å². The van der Waals surface area contributed by atoms with Crippen molar-refractivity contribution < 1.29 is 4.79 Å². The lowest BCUT2D eigenvalue weighted by atomic mass is 9.89. The van der Waals surface area contributed by atoms with Crippen molar-refractivity contribution >= 4 is 11.7 Å². The predicted octanol–water partition coefficient (Wildman–Crippen LogP) is 2.91. The molecule has 0 aliphatic carbocycles. The zero-order valence-corrected chi connectivity index (χ0v) is 12.7. The van der Waals surface area contributed by atoms with Crippen molar-refractivity contribution in [1.82, 2.24) is 9.88 Å². The van der Waals surface area contributed by atoms with Crippen LogP contribution < -0.4 is 5.32 Å². The van der Waals surface area contributed by atoms with Crippen LogP contribution in [0.25, 0.3) is 0 Å². The molecule has 1 saturated heterocycles. The van der Waals surface area contributed by atoms with Crippen molar-refractivity contribution in [3.63, 3.8) is 0 Å². The molecule has 2 heterocycles. The van der Waals surface area contributed by atoms with Crippen LogP contribution in [-0.4, -0.2) is 29.4 Å². The summed E-state index contributed by atoms with van der Waals surface area (Å²) in [6, 6.07) is 3.99. The lowest BCUT2D eigenvalue weighted by Crippen LogP contribution is -2.29. The van der Waals surface area contributed by atoms with Crippen molar-refractivity contribution in [2.24, 2.45) is 11.8 Å².